The quantitative estimate of drug-likeness (QED) is 0.549. The van der Waals surface area contributed by atoms with E-state index >= 15 is 0 Å². The summed E-state index contributed by atoms with van der Waals surface area (Å²) in [6.07, 6.45) is 1.53. The Bertz CT molecular complexity index is 1000. The Hall–Kier alpha value is -2.91. The number of fused-ring (bicyclic) bond motifs is 1. The molecule has 1 heterocycles. The molecule has 2 aromatic rings. The molecule has 2 N–H and O–H groups in total. The molecule has 2 aromatic carbocycles. The maximum atomic E-state index is 12.2. The van der Waals surface area contributed by atoms with Crippen LogP contribution in [0.1, 0.15) is 11.1 Å². The van der Waals surface area contributed by atoms with E-state index in [9.17, 15) is 13.5 Å². The number of benzene rings is 2. The van der Waals surface area contributed by atoms with E-state index in [2.05, 4.69) is 14.9 Å². The molecule has 1 atom stereocenters. The molecule has 27 heavy (non-hydrogen) atoms. The van der Waals surface area contributed by atoms with E-state index in [4.69, 9.17) is 9.47 Å². The topological polar surface area (TPSA) is 110 Å². The molecule has 0 spiro atoms. The lowest BCUT2D eigenvalue weighted by molar-refractivity contribution is 0.186. The maximum Gasteiger partial charge on any atom is 0.283 e. The minimum Gasteiger partial charge on any atom is -0.504 e. The summed E-state index contributed by atoms with van der Waals surface area (Å²) in [5.41, 5.74) is 4.47. The molecule has 0 fully saturated rings. The van der Waals surface area contributed by atoms with E-state index in [1.54, 1.807) is 30.3 Å². The van der Waals surface area contributed by atoms with Gasteiger partial charge in [-0.25, -0.2) is 0 Å². The van der Waals surface area contributed by atoms with Crippen molar-refractivity contribution in [1.29, 1.82) is 0 Å². The molecule has 1 unspecified atom stereocenters. The van der Waals surface area contributed by atoms with Crippen molar-refractivity contribution in [3.8, 4) is 11.5 Å². The van der Waals surface area contributed by atoms with Gasteiger partial charge in [-0.05, 0) is 29.8 Å². The maximum absolute atomic E-state index is 12.2. The van der Waals surface area contributed by atoms with E-state index in [0.29, 0.717) is 22.6 Å². The first-order valence-electron chi connectivity index (χ1n) is 8.05. The number of methoxy groups -OCH3 is 2. The Balaban J connectivity index is 1.83. The van der Waals surface area contributed by atoms with Gasteiger partial charge < -0.3 is 14.6 Å². The van der Waals surface area contributed by atoms with Crippen LogP contribution in [0.5, 0.6) is 11.5 Å². The molecule has 142 valence electrons. The highest BCUT2D eigenvalue weighted by molar-refractivity contribution is 7.90. The highest BCUT2D eigenvalue weighted by Crippen LogP contribution is 2.27. The van der Waals surface area contributed by atoms with Crippen molar-refractivity contribution in [1.82, 2.24) is 5.43 Å². The number of hydrazone groups is 1. The number of nitrogens with zero attached hydrogens (tertiary/aromatic N) is 2. The fourth-order valence-electron chi connectivity index (χ4n) is 2.70. The number of nitrogens with one attached hydrogen (secondary N) is 1. The lowest BCUT2D eigenvalue weighted by Crippen LogP contribution is -2.37. The molecular weight excluding hydrogens is 370 g/mol. The van der Waals surface area contributed by atoms with Gasteiger partial charge in [-0.1, -0.05) is 18.2 Å². The second-order valence-corrected chi connectivity index (χ2v) is 7.35. The first-order chi connectivity index (χ1) is 13.0. The van der Waals surface area contributed by atoms with Crippen molar-refractivity contribution in [2.24, 2.45) is 9.50 Å². The number of phenolic OH excluding ortho intramolecular Hbond substituents is 1. The molecule has 0 saturated carbocycles. The Morgan fingerprint density at radius 1 is 1.26 bits per heavy atom. The monoisotopic (exact) mass is 389 g/mol. The van der Waals surface area contributed by atoms with Crippen molar-refractivity contribution in [3.05, 3.63) is 53.6 Å². The summed E-state index contributed by atoms with van der Waals surface area (Å²) < 4.78 is 38.6. The van der Waals surface area contributed by atoms with Gasteiger partial charge in [-0.3, -0.25) is 5.43 Å². The third-order valence-corrected chi connectivity index (χ3v) is 5.32. The minimum atomic E-state index is -3.71. The molecule has 1 aliphatic heterocycles. The number of aromatic hydroxyl groups is 1. The van der Waals surface area contributed by atoms with Gasteiger partial charge in [0.25, 0.3) is 10.0 Å². The Morgan fingerprint density at radius 2 is 2.04 bits per heavy atom. The summed E-state index contributed by atoms with van der Waals surface area (Å²) >= 11 is 0. The summed E-state index contributed by atoms with van der Waals surface area (Å²) in [5, 5.41) is 13.8. The number of hydrogen-bond acceptors (Lipinski definition) is 7. The molecule has 0 aliphatic carbocycles. The number of phenols is 1. The number of rotatable bonds is 7. The summed E-state index contributed by atoms with van der Waals surface area (Å²) in [6.45, 7) is 0.179. The van der Waals surface area contributed by atoms with Gasteiger partial charge in [-0.2, -0.15) is 17.9 Å². The number of ether oxygens (including phenoxy) is 2. The van der Waals surface area contributed by atoms with Crippen molar-refractivity contribution in [3.63, 3.8) is 0 Å². The van der Waals surface area contributed by atoms with Gasteiger partial charge in [0.1, 0.15) is 6.04 Å². The van der Waals surface area contributed by atoms with Gasteiger partial charge in [0.05, 0.1) is 30.5 Å². The van der Waals surface area contributed by atoms with E-state index in [-0.39, 0.29) is 17.3 Å². The molecule has 9 heteroatoms. The highest BCUT2D eigenvalue weighted by atomic mass is 32.2. The average Bonchev–Trinajstić information content (AvgIpc) is 2.94. The second-order valence-electron chi connectivity index (χ2n) is 5.77. The zero-order valence-electron chi connectivity index (χ0n) is 14.8. The molecule has 0 aromatic heterocycles. The summed E-state index contributed by atoms with van der Waals surface area (Å²) in [4.78, 5) is 0.176. The molecule has 0 bridgehead atoms. The van der Waals surface area contributed by atoms with Gasteiger partial charge in [0.2, 0.25) is 0 Å². The second kappa shape index (κ2) is 7.77. The standard InChI is InChI=1S/C18H19N3O5S/c1-25-11-14(18-13-5-3-4-6-17(13)27(23,24)21-18)20-19-10-12-7-8-15(22)16(9-12)26-2/h3-10,14,20,22H,11H2,1-2H3/b19-10+. The van der Waals surface area contributed by atoms with Gasteiger partial charge in [-0.15, -0.1) is 0 Å². The highest BCUT2D eigenvalue weighted by Gasteiger charge is 2.32. The third-order valence-electron chi connectivity index (χ3n) is 3.97. The Labute approximate surface area is 157 Å². The number of hydrogen-bond donors (Lipinski definition) is 2. The molecule has 0 radical (unpaired) electrons. The molecular formula is C18H19N3O5S. The van der Waals surface area contributed by atoms with Crippen LogP contribution in [0.2, 0.25) is 0 Å². The van der Waals surface area contributed by atoms with E-state index in [0.717, 1.165) is 0 Å². The SMILES string of the molecule is COCC(N/N=C/c1ccc(O)c(OC)c1)C1=NS(=O)(=O)c2ccccc21. The largest absolute Gasteiger partial charge is 0.504 e. The third kappa shape index (κ3) is 3.93. The van der Waals surface area contributed by atoms with Gasteiger partial charge in [0.15, 0.2) is 11.5 Å². The smallest absolute Gasteiger partial charge is 0.283 e. The van der Waals surface area contributed by atoms with Gasteiger partial charge >= 0.3 is 0 Å². The van der Waals surface area contributed by atoms with Crippen LogP contribution in [0, 0.1) is 0 Å². The lowest BCUT2D eigenvalue weighted by atomic mass is 10.0. The van der Waals surface area contributed by atoms with Crippen LogP contribution in [-0.2, 0) is 14.8 Å². The summed E-state index contributed by atoms with van der Waals surface area (Å²) in [5.74, 6) is 0.356. The molecule has 0 amide bonds. The fourth-order valence-corrected chi connectivity index (χ4v) is 3.99. The van der Waals surface area contributed by atoms with Crippen molar-refractivity contribution in [2.75, 3.05) is 20.8 Å². The predicted octanol–water partition coefficient (Wildman–Crippen LogP) is 1.53. The first-order valence-corrected chi connectivity index (χ1v) is 9.49. The molecule has 1 aliphatic rings. The summed E-state index contributed by atoms with van der Waals surface area (Å²) in [6, 6.07) is 10.9. The van der Waals surface area contributed by atoms with E-state index < -0.39 is 16.1 Å². The van der Waals surface area contributed by atoms with Crippen LogP contribution < -0.4 is 10.2 Å². The number of sulfonamides is 1. The zero-order chi connectivity index (χ0) is 19.4. The molecule has 0 saturated heterocycles. The first kappa shape index (κ1) is 18.9. The van der Waals surface area contributed by atoms with E-state index in [1.165, 1.54) is 32.6 Å². The van der Waals surface area contributed by atoms with Crippen LogP contribution in [-0.4, -0.2) is 52.3 Å². The lowest BCUT2D eigenvalue weighted by Gasteiger charge is -2.16. The predicted molar refractivity (Wildman–Crippen MR) is 101 cm³/mol. The van der Waals surface area contributed by atoms with Crippen LogP contribution in [0.15, 0.2) is 56.9 Å². The van der Waals surface area contributed by atoms with Crippen LogP contribution in [0.3, 0.4) is 0 Å². The van der Waals surface area contributed by atoms with Crippen molar-refractivity contribution in [2.45, 2.75) is 10.9 Å². The van der Waals surface area contributed by atoms with Crippen LogP contribution >= 0.6 is 0 Å². The normalized spacial score (nSPS) is 16.0. The van der Waals surface area contributed by atoms with Crippen molar-refractivity contribution >= 4 is 21.9 Å². The van der Waals surface area contributed by atoms with Crippen molar-refractivity contribution < 1.29 is 23.0 Å². The van der Waals surface area contributed by atoms with E-state index in [1.807, 2.05) is 0 Å². The molecule has 8 nitrogen and oxygen atoms in total. The van der Waals surface area contributed by atoms with Crippen LogP contribution in [0.4, 0.5) is 0 Å². The zero-order valence-corrected chi connectivity index (χ0v) is 15.6. The Morgan fingerprint density at radius 3 is 2.78 bits per heavy atom. The Kier molecular flexibility index (Phi) is 5.43. The fraction of sp³-hybridized carbons (Fsp3) is 0.222. The average molecular weight is 389 g/mol. The minimum absolute atomic E-state index is 0.0296. The van der Waals surface area contributed by atoms with Crippen LogP contribution in [0.25, 0.3) is 0 Å². The molecule has 3 rings (SSSR count). The van der Waals surface area contributed by atoms with Gasteiger partial charge in [0, 0.05) is 12.7 Å². The summed E-state index contributed by atoms with van der Waals surface area (Å²) in [7, 11) is -0.742.